The first kappa shape index (κ1) is 56.5. The van der Waals surface area contributed by atoms with E-state index in [0.29, 0.717) is 39.6 Å². The second-order valence-corrected chi connectivity index (χ2v) is 20.4. The van der Waals surface area contributed by atoms with Gasteiger partial charge in [0, 0.05) is 72.0 Å². The van der Waals surface area contributed by atoms with E-state index < -0.39 is 0 Å². The summed E-state index contributed by atoms with van der Waals surface area (Å²) >= 11 is 8.75. The summed E-state index contributed by atoms with van der Waals surface area (Å²) in [6.45, 7) is 11.2. The third kappa shape index (κ3) is 16.9. The van der Waals surface area contributed by atoms with Crippen LogP contribution in [-0.4, -0.2) is 80.6 Å². The Morgan fingerprint density at radius 3 is 1.41 bits per heavy atom. The fraction of sp³-hybridized carbons (Fsp3) is 0.468. The minimum absolute atomic E-state index is 0.513. The lowest BCUT2D eigenvalue weighted by Crippen LogP contribution is -2.01. The zero-order chi connectivity index (χ0) is 51.6. The molecule has 0 unspecified atom stereocenters. The van der Waals surface area contributed by atoms with Gasteiger partial charge < -0.3 is 33.5 Å². The molecule has 396 valence electrons. The minimum atomic E-state index is 0.513. The van der Waals surface area contributed by atoms with Crippen molar-refractivity contribution in [3.63, 3.8) is 0 Å². The highest BCUT2D eigenvalue weighted by Gasteiger charge is 2.20. The van der Waals surface area contributed by atoms with Gasteiger partial charge in [-0.3, -0.25) is 0 Å². The fourth-order valence-electron chi connectivity index (χ4n) is 9.84. The van der Waals surface area contributed by atoms with Crippen LogP contribution in [0.4, 0.5) is 0 Å². The summed E-state index contributed by atoms with van der Waals surface area (Å²) < 4.78 is 27.2. The van der Waals surface area contributed by atoms with E-state index in [2.05, 4.69) is 115 Å². The molecule has 0 radical (unpaired) electrons. The molecule has 5 aromatic rings. The van der Waals surface area contributed by atoms with Crippen molar-refractivity contribution in [1.82, 2.24) is 29.5 Å². The summed E-state index contributed by atoms with van der Waals surface area (Å²) in [5.41, 5.74) is 12.4. The highest BCUT2D eigenvalue weighted by Crippen LogP contribution is 2.38. The molecule has 8 bridgehead atoms. The summed E-state index contributed by atoms with van der Waals surface area (Å²) in [4.78, 5) is 23.5. The highest BCUT2D eigenvalue weighted by atomic mass is 32.1. The van der Waals surface area contributed by atoms with Crippen LogP contribution in [0.1, 0.15) is 149 Å². The number of imidazole rings is 1. The third-order valence-electron chi connectivity index (χ3n) is 13.7. The van der Waals surface area contributed by atoms with Crippen molar-refractivity contribution < 1.29 is 18.9 Å². The number of nitrogens with zero attached hydrogens (tertiary/aromatic N) is 4. The molecule has 6 heterocycles. The topological polar surface area (TPSA) is 112 Å². The van der Waals surface area contributed by atoms with Crippen LogP contribution in [0.5, 0.6) is 11.5 Å². The van der Waals surface area contributed by atoms with Crippen molar-refractivity contribution in [1.29, 1.82) is 0 Å². The monoisotopic (exact) mass is 1040 g/mol. The van der Waals surface area contributed by atoms with E-state index in [1.807, 2.05) is 24.0 Å². The number of nitrogens with one attached hydrogen (secondary N) is 2. The van der Waals surface area contributed by atoms with E-state index in [1.165, 1.54) is 77.0 Å². The molecule has 0 fully saturated rings. The number of thiol groups is 2. The average Bonchev–Trinajstić information content (AvgIpc) is 4.29. The van der Waals surface area contributed by atoms with E-state index >= 15 is 0 Å². The molecule has 0 atom stereocenters. The normalized spacial score (nSPS) is 12.0. The SMILES string of the molecule is C=CCOCCCc1c2nc(c(-c3nccn3C)c3ccc([nH]3)c(CCCOCC=C)c3nc(c(-c4cc(OCCCCCCCCCCS)cc(OCCCCCCCCCCS)c4)c4ccc1[nH]4)C=C3)C=C2. The predicted octanol–water partition coefficient (Wildman–Crippen LogP) is 15.9. The Morgan fingerprint density at radius 1 is 0.514 bits per heavy atom. The lowest BCUT2D eigenvalue weighted by molar-refractivity contribution is 0.160. The molecule has 74 heavy (non-hydrogen) atoms. The number of aryl methyl sites for hydroxylation is 3. The molecule has 2 aliphatic heterocycles. The number of aromatic amines is 2. The number of unbranched alkanes of at least 4 members (excludes halogenated alkanes) is 14. The number of hydrogen-bond donors (Lipinski definition) is 4. The summed E-state index contributed by atoms with van der Waals surface area (Å²) in [5.74, 6) is 4.38. The average molecular weight is 1040 g/mol. The highest BCUT2D eigenvalue weighted by molar-refractivity contribution is 7.80. The van der Waals surface area contributed by atoms with Gasteiger partial charge in [0.05, 0.1) is 60.3 Å². The molecule has 4 aromatic heterocycles. The summed E-state index contributed by atoms with van der Waals surface area (Å²) in [7, 11) is 2.02. The van der Waals surface area contributed by atoms with Crippen molar-refractivity contribution in [3.05, 3.63) is 114 Å². The third-order valence-corrected chi connectivity index (χ3v) is 14.4. The Hall–Kier alpha value is -5.27. The zero-order valence-electron chi connectivity index (χ0n) is 44.2. The first-order valence-corrected chi connectivity index (χ1v) is 28.9. The van der Waals surface area contributed by atoms with Gasteiger partial charge in [0.2, 0.25) is 0 Å². The molecule has 1 aromatic carbocycles. The molecular formula is C62H82N6O4S2. The first-order valence-electron chi connectivity index (χ1n) is 27.6. The number of fused-ring (bicyclic) bond motifs is 8. The van der Waals surface area contributed by atoms with E-state index in [1.54, 1.807) is 12.2 Å². The van der Waals surface area contributed by atoms with Crippen LogP contribution in [-0.2, 0) is 29.4 Å². The molecular weight excluding hydrogens is 957 g/mol. The van der Waals surface area contributed by atoms with E-state index in [9.17, 15) is 0 Å². The molecule has 7 rings (SSSR count). The van der Waals surface area contributed by atoms with Gasteiger partial charge in [-0.25, -0.2) is 15.0 Å². The van der Waals surface area contributed by atoms with E-state index in [4.69, 9.17) is 33.9 Å². The lowest BCUT2D eigenvalue weighted by Gasteiger charge is -2.14. The van der Waals surface area contributed by atoms with Crippen molar-refractivity contribution >= 4 is 71.6 Å². The van der Waals surface area contributed by atoms with Gasteiger partial charge in [0.25, 0.3) is 0 Å². The Morgan fingerprint density at radius 2 is 0.946 bits per heavy atom. The maximum Gasteiger partial charge on any atom is 0.143 e. The number of hydrogen-bond acceptors (Lipinski definition) is 9. The summed E-state index contributed by atoms with van der Waals surface area (Å²) in [5, 5.41) is 0. The van der Waals surface area contributed by atoms with E-state index in [0.717, 1.165) is 153 Å². The Kier molecular flexibility index (Phi) is 24.1. The van der Waals surface area contributed by atoms with Crippen molar-refractivity contribution in [2.24, 2.45) is 7.05 Å². The molecule has 0 spiro atoms. The zero-order valence-corrected chi connectivity index (χ0v) is 46.0. The molecule has 0 saturated heterocycles. The molecule has 0 aliphatic carbocycles. The van der Waals surface area contributed by atoms with Crippen LogP contribution in [0.25, 0.3) is 68.9 Å². The van der Waals surface area contributed by atoms with Crippen LogP contribution in [0.3, 0.4) is 0 Å². The summed E-state index contributed by atoms with van der Waals surface area (Å²) in [6, 6.07) is 15.1. The predicted molar refractivity (Wildman–Crippen MR) is 318 cm³/mol. The standard InChI is InChI=1S/C62H82N6O4S2/c1-4-36-69-38-22-24-50-52-26-30-56(64-52)60(47-44-48(71-40-18-14-10-6-8-12-16-20-42-73)46-49(45-47)72-41-19-15-11-7-9-13-17-21-43-74)57-31-27-53(65-57)51(25-23-39-70-37-5-2)55-29-33-59(67-55)61(58-32-28-54(50)66-58)62-63-34-35-68(62)3/h4-5,26-35,44-46,64,67,73-74H,1-2,6-25,36-43H2,3H3. The van der Waals surface area contributed by atoms with Crippen LogP contribution in [0.2, 0.25) is 0 Å². The molecule has 10 nitrogen and oxygen atoms in total. The van der Waals surface area contributed by atoms with Crippen molar-refractivity contribution in [2.45, 2.75) is 128 Å². The van der Waals surface area contributed by atoms with Crippen molar-refractivity contribution in [3.8, 4) is 34.0 Å². The molecule has 2 N–H and O–H groups in total. The number of H-pyrrole nitrogens is 2. The van der Waals surface area contributed by atoms with Gasteiger partial charge in [-0.1, -0.05) is 89.2 Å². The fourth-order valence-corrected chi connectivity index (χ4v) is 10.3. The maximum absolute atomic E-state index is 6.66. The smallest absolute Gasteiger partial charge is 0.143 e. The Bertz CT molecular complexity index is 2710. The van der Waals surface area contributed by atoms with Gasteiger partial charge >= 0.3 is 0 Å². The van der Waals surface area contributed by atoms with Crippen LogP contribution < -0.4 is 9.47 Å². The quantitative estimate of drug-likeness (QED) is 0.0176. The van der Waals surface area contributed by atoms with Gasteiger partial charge in [-0.05, 0) is 129 Å². The van der Waals surface area contributed by atoms with Crippen LogP contribution >= 0.6 is 25.3 Å². The van der Waals surface area contributed by atoms with Gasteiger partial charge in [-0.15, -0.1) is 13.2 Å². The molecule has 2 aliphatic rings. The second-order valence-electron chi connectivity index (χ2n) is 19.5. The molecule has 12 heteroatoms. The van der Waals surface area contributed by atoms with Crippen molar-refractivity contribution in [2.75, 3.05) is 51.1 Å². The molecule has 0 saturated carbocycles. The maximum atomic E-state index is 6.66. The number of aromatic nitrogens is 6. The molecule has 0 amide bonds. The van der Waals surface area contributed by atoms with Gasteiger partial charge in [-0.2, -0.15) is 25.3 Å². The lowest BCUT2D eigenvalue weighted by atomic mass is 10.0. The van der Waals surface area contributed by atoms with Gasteiger partial charge in [0.15, 0.2) is 0 Å². The second kappa shape index (κ2) is 31.6. The minimum Gasteiger partial charge on any atom is -0.493 e. The Balaban J connectivity index is 1.33. The largest absolute Gasteiger partial charge is 0.493 e. The Labute approximate surface area is 452 Å². The van der Waals surface area contributed by atoms with E-state index in [-0.39, 0.29) is 0 Å². The van der Waals surface area contributed by atoms with Crippen LogP contribution in [0, 0.1) is 0 Å². The van der Waals surface area contributed by atoms with Gasteiger partial charge in [0.1, 0.15) is 17.3 Å². The number of benzene rings is 1. The first-order chi connectivity index (χ1) is 36.5. The van der Waals surface area contributed by atoms with Crippen LogP contribution in [0.15, 0.2) is 80.2 Å². The number of ether oxygens (including phenoxy) is 4. The summed E-state index contributed by atoms with van der Waals surface area (Å²) in [6.07, 6.45) is 38.5. The number of rotatable bonds is 36.